The fourth-order valence-electron chi connectivity index (χ4n) is 8.63. The maximum atomic E-state index is 13.9. The number of anilines is 4. The first-order valence-corrected chi connectivity index (χ1v) is 21.7. The van der Waals surface area contributed by atoms with Gasteiger partial charge in [-0.3, -0.25) is 19.8 Å². The highest BCUT2D eigenvalue weighted by Crippen LogP contribution is 2.38. The molecule has 4 N–H and O–H groups in total. The van der Waals surface area contributed by atoms with E-state index in [-0.39, 0.29) is 41.1 Å². The maximum absolute atomic E-state index is 13.9. The van der Waals surface area contributed by atoms with Crippen molar-refractivity contribution in [2.75, 3.05) is 60.9 Å². The van der Waals surface area contributed by atoms with E-state index in [1.54, 1.807) is 19.9 Å². The van der Waals surface area contributed by atoms with Crippen LogP contribution in [0.2, 0.25) is 5.02 Å². The second kappa shape index (κ2) is 16.9. The van der Waals surface area contributed by atoms with Crippen molar-refractivity contribution < 1.29 is 36.3 Å². The van der Waals surface area contributed by atoms with Crippen molar-refractivity contribution >= 4 is 56.6 Å². The van der Waals surface area contributed by atoms with E-state index in [1.165, 1.54) is 17.0 Å². The Labute approximate surface area is 341 Å². The van der Waals surface area contributed by atoms with Crippen LogP contribution in [0.3, 0.4) is 0 Å². The summed E-state index contributed by atoms with van der Waals surface area (Å²) in [6.45, 7) is 7.97. The first kappa shape index (κ1) is 42.1. The standard InChI is InChI=1S/C40H50ClF3N8O5S/c1-25-20-29(9-12-34(25)46-38-45-22-32(40(42,43)44)36(48-38)52-15-3-14-39(2,55)24-52)58(56,57)49-27-6-4-26(5-7-27)23-50-16-18-51(19-17-50)28-8-10-30(33(41)21-28)31-11-13-35(53)47-37(31)54/h8-10,12,20-22,26-27,31,49,55H,3-7,11,13-19,23-24H2,1-2H3,(H,45,46,48)(H,47,53,54)/t26?,27?,31?,39-/m0/s1. The van der Waals surface area contributed by atoms with Crippen molar-refractivity contribution in [3.8, 4) is 0 Å². The fraction of sp³-hybridized carbons (Fsp3) is 0.550. The Kier molecular flexibility index (Phi) is 12.3. The molecule has 1 unspecified atom stereocenters. The lowest BCUT2D eigenvalue weighted by Gasteiger charge is -2.39. The number of piperazine rings is 1. The average molecular weight is 847 g/mol. The van der Waals surface area contributed by atoms with Gasteiger partial charge >= 0.3 is 6.18 Å². The number of aryl methyl sites for hydroxylation is 1. The minimum absolute atomic E-state index is 0.00449. The van der Waals surface area contributed by atoms with Crippen molar-refractivity contribution in [2.24, 2.45) is 5.92 Å². The molecular weight excluding hydrogens is 797 g/mol. The van der Waals surface area contributed by atoms with Crippen LogP contribution in [0, 0.1) is 12.8 Å². The molecule has 4 fully saturated rings. The molecule has 1 aliphatic carbocycles. The molecule has 3 aromatic rings. The second-order valence-electron chi connectivity index (χ2n) is 16.4. The zero-order chi connectivity index (χ0) is 41.4. The third kappa shape index (κ3) is 9.87. The van der Waals surface area contributed by atoms with E-state index in [1.807, 2.05) is 18.2 Å². The van der Waals surface area contributed by atoms with Crippen LogP contribution in [0.25, 0.3) is 0 Å². The van der Waals surface area contributed by atoms with Gasteiger partial charge in [0.2, 0.25) is 27.8 Å². The van der Waals surface area contributed by atoms with Gasteiger partial charge in [-0.1, -0.05) is 17.7 Å². The quantitative estimate of drug-likeness (QED) is 0.185. The molecule has 2 atom stereocenters. The summed E-state index contributed by atoms with van der Waals surface area (Å²) < 4.78 is 71.6. The normalized spacial score (nSPS) is 25.1. The predicted molar refractivity (Wildman–Crippen MR) is 215 cm³/mol. The summed E-state index contributed by atoms with van der Waals surface area (Å²) in [7, 11) is -3.84. The Hall–Kier alpha value is -4.03. The molecule has 3 saturated heterocycles. The number of carbonyl (C=O) groups is 2. The van der Waals surface area contributed by atoms with Crippen LogP contribution < -0.4 is 25.2 Å². The van der Waals surface area contributed by atoms with Gasteiger partial charge in [0.25, 0.3) is 0 Å². The minimum Gasteiger partial charge on any atom is -0.388 e. The monoisotopic (exact) mass is 846 g/mol. The van der Waals surface area contributed by atoms with Gasteiger partial charge in [0, 0.05) is 80.9 Å². The summed E-state index contributed by atoms with van der Waals surface area (Å²) in [5.41, 5.74) is 0.586. The topological polar surface area (TPSA) is 160 Å². The molecule has 1 aromatic heterocycles. The van der Waals surface area contributed by atoms with Gasteiger partial charge in [0.05, 0.1) is 16.4 Å². The van der Waals surface area contributed by atoms with Gasteiger partial charge in [-0.15, -0.1) is 0 Å². The van der Waals surface area contributed by atoms with E-state index in [9.17, 15) is 36.3 Å². The summed E-state index contributed by atoms with van der Waals surface area (Å²) in [6.07, 6.45) is 1.00. The number of benzene rings is 2. The first-order valence-electron chi connectivity index (χ1n) is 19.9. The van der Waals surface area contributed by atoms with Crippen LogP contribution in [0.15, 0.2) is 47.5 Å². The molecule has 4 heterocycles. The number of aromatic nitrogens is 2. The maximum Gasteiger partial charge on any atom is 0.421 e. The SMILES string of the molecule is Cc1cc(S(=O)(=O)NC2CCC(CN3CCN(c4ccc(C5CCC(=O)NC5=O)c(Cl)c4)CC3)CC2)ccc1Nc1ncc(C(F)(F)F)c(N2CCC[C@](C)(O)C2)n1. The van der Waals surface area contributed by atoms with Crippen molar-refractivity contribution in [3.05, 3.63) is 64.3 Å². The first-order chi connectivity index (χ1) is 27.4. The smallest absolute Gasteiger partial charge is 0.388 e. The molecule has 0 radical (unpaired) electrons. The number of hydrogen-bond acceptors (Lipinski definition) is 11. The summed E-state index contributed by atoms with van der Waals surface area (Å²) in [5, 5.41) is 16.4. The number of rotatable bonds is 10. The van der Waals surface area contributed by atoms with Gasteiger partial charge in [-0.25, -0.2) is 18.1 Å². The van der Waals surface area contributed by atoms with Gasteiger partial charge < -0.3 is 20.2 Å². The molecule has 0 bridgehead atoms. The number of imide groups is 1. The lowest BCUT2D eigenvalue weighted by Crippen LogP contribution is -2.48. The molecule has 3 aliphatic heterocycles. The number of carbonyl (C=O) groups excluding carboxylic acids is 2. The van der Waals surface area contributed by atoms with E-state index in [2.05, 4.69) is 35.1 Å². The van der Waals surface area contributed by atoms with Crippen LogP contribution >= 0.6 is 11.6 Å². The van der Waals surface area contributed by atoms with Crippen LogP contribution in [0.1, 0.15) is 80.9 Å². The minimum atomic E-state index is -4.69. The summed E-state index contributed by atoms with van der Waals surface area (Å²) in [4.78, 5) is 38.3. The van der Waals surface area contributed by atoms with Crippen LogP contribution in [-0.2, 0) is 25.8 Å². The Morgan fingerprint density at radius 3 is 2.40 bits per heavy atom. The van der Waals surface area contributed by atoms with Crippen molar-refractivity contribution in [1.82, 2.24) is 24.9 Å². The van der Waals surface area contributed by atoms with Crippen molar-refractivity contribution in [3.63, 3.8) is 0 Å². The van der Waals surface area contributed by atoms with E-state index >= 15 is 0 Å². The number of β-amino-alcohol motifs (C(OH)–C–C–N with tert-alkyl or cyclic N) is 1. The Morgan fingerprint density at radius 1 is 1.00 bits per heavy atom. The highest BCUT2D eigenvalue weighted by Gasteiger charge is 2.39. The number of halogens is 4. The molecule has 2 aromatic carbocycles. The van der Waals surface area contributed by atoms with Crippen LogP contribution in [0.5, 0.6) is 0 Å². The lowest BCUT2D eigenvalue weighted by molar-refractivity contribution is -0.138. The molecule has 4 aliphatic rings. The van der Waals surface area contributed by atoms with E-state index in [0.717, 1.165) is 75.9 Å². The molecule has 58 heavy (non-hydrogen) atoms. The number of piperidine rings is 2. The molecule has 1 saturated carbocycles. The summed E-state index contributed by atoms with van der Waals surface area (Å²) >= 11 is 6.63. The highest BCUT2D eigenvalue weighted by atomic mass is 35.5. The number of sulfonamides is 1. The number of nitrogens with one attached hydrogen (secondary N) is 3. The second-order valence-corrected chi connectivity index (χ2v) is 18.5. The Balaban J connectivity index is 0.891. The van der Waals surface area contributed by atoms with E-state index < -0.39 is 33.3 Å². The number of amides is 2. The molecule has 7 rings (SSSR count). The number of nitrogens with zero attached hydrogens (tertiary/aromatic N) is 5. The lowest BCUT2D eigenvalue weighted by atomic mass is 9.86. The zero-order valence-electron chi connectivity index (χ0n) is 32.6. The van der Waals surface area contributed by atoms with Gasteiger partial charge in [0.1, 0.15) is 11.4 Å². The van der Waals surface area contributed by atoms with Crippen molar-refractivity contribution in [2.45, 2.75) is 93.8 Å². The summed E-state index contributed by atoms with van der Waals surface area (Å²) in [6, 6.07) is 10.1. The molecule has 0 spiro atoms. The Morgan fingerprint density at radius 2 is 1.74 bits per heavy atom. The number of alkyl halides is 3. The fourth-order valence-corrected chi connectivity index (χ4v) is 10.3. The zero-order valence-corrected chi connectivity index (χ0v) is 34.2. The van der Waals surface area contributed by atoms with Gasteiger partial charge in [-0.2, -0.15) is 18.2 Å². The number of aliphatic hydroxyl groups is 1. The highest BCUT2D eigenvalue weighted by molar-refractivity contribution is 7.89. The van der Waals surface area contributed by atoms with Crippen molar-refractivity contribution in [1.29, 1.82) is 0 Å². The molecule has 13 nitrogen and oxygen atoms in total. The average Bonchev–Trinajstić information content (AvgIpc) is 3.16. The van der Waals surface area contributed by atoms with Crippen LogP contribution in [-0.4, -0.2) is 97.7 Å². The Bertz CT molecular complexity index is 2130. The van der Waals surface area contributed by atoms with Gasteiger partial charge in [-0.05, 0) is 106 Å². The van der Waals surface area contributed by atoms with E-state index in [4.69, 9.17) is 11.6 Å². The van der Waals surface area contributed by atoms with Gasteiger partial charge in [0.15, 0.2) is 0 Å². The molecule has 2 amide bonds. The van der Waals surface area contributed by atoms with Crippen LogP contribution in [0.4, 0.5) is 36.3 Å². The molecule has 18 heteroatoms. The summed E-state index contributed by atoms with van der Waals surface area (Å²) in [5.74, 6) is -0.925. The largest absolute Gasteiger partial charge is 0.421 e. The molecule has 314 valence electrons. The van der Waals surface area contributed by atoms with E-state index in [0.29, 0.717) is 54.4 Å². The number of hydrogen-bond donors (Lipinski definition) is 4. The third-order valence-electron chi connectivity index (χ3n) is 11.8. The third-order valence-corrected chi connectivity index (χ3v) is 13.7. The molecular formula is C40H50ClF3N8O5S. The predicted octanol–water partition coefficient (Wildman–Crippen LogP) is 5.73.